The third-order valence-corrected chi connectivity index (χ3v) is 10.9. The van der Waals surface area contributed by atoms with Crippen LogP contribution in [0.5, 0.6) is 5.75 Å². The van der Waals surface area contributed by atoms with E-state index in [1.807, 2.05) is 60.7 Å². The first-order chi connectivity index (χ1) is 26.2. The Morgan fingerprint density at radius 1 is 1.04 bits per heavy atom. The number of rotatable bonds is 17. The summed E-state index contributed by atoms with van der Waals surface area (Å²) < 4.78 is 18.4. The number of esters is 1. The lowest BCUT2D eigenvalue weighted by atomic mass is 9.70. The predicted octanol–water partition coefficient (Wildman–Crippen LogP) is 4.95. The van der Waals surface area contributed by atoms with Gasteiger partial charge in [-0.3, -0.25) is 19.2 Å². The van der Waals surface area contributed by atoms with Gasteiger partial charge < -0.3 is 34.4 Å². The van der Waals surface area contributed by atoms with Crippen molar-refractivity contribution in [3.8, 4) is 5.75 Å². The Bertz CT molecular complexity index is 1820. The first-order valence-corrected chi connectivity index (χ1v) is 18.5. The van der Waals surface area contributed by atoms with Gasteiger partial charge in [0.1, 0.15) is 23.5 Å². The topological polar surface area (TPSA) is 135 Å². The van der Waals surface area contributed by atoms with Crippen molar-refractivity contribution in [1.82, 2.24) is 10.2 Å². The second-order valence-corrected chi connectivity index (χ2v) is 14.2. The van der Waals surface area contributed by atoms with E-state index in [1.165, 1.54) is 4.90 Å². The molecule has 6 rings (SSSR count). The molecule has 1 spiro atoms. The van der Waals surface area contributed by atoms with Crippen LogP contribution in [0, 0.1) is 11.8 Å². The molecular weight excluding hydrogens is 686 g/mol. The maximum Gasteiger partial charge on any atom is 0.313 e. The van der Waals surface area contributed by atoms with Crippen molar-refractivity contribution < 1.29 is 38.5 Å². The molecule has 0 unspecified atom stereocenters. The first-order valence-electron chi connectivity index (χ1n) is 18.5. The third-order valence-electron chi connectivity index (χ3n) is 10.9. The average Bonchev–Trinajstić information content (AvgIpc) is 3.85. The van der Waals surface area contributed by atoms with E-state index in [0.29, 0.717) is 36.3 Å². The summed E-state index contributed by atoms with van der Waals surface area (Å²) in [4.78, 5) is 60.4. The molecule has 284 valence electrons. The SMILES string of the molecule is C=CCCC(=O)N[C@H](C)[C@@H](OC(=O)[C@@H]1[C@H]2C(=O)N([C@@H](CO)Cc3ccccc3)[C@H](C(=O)N(CC=C)c3ccc(OC)cc3)[C@]23CC[C@H]1O3)c1ccccc1. The lowest BCUT2D eigenvalue weighted by Gasteiger charge is -2.39. The van der Waals surface area contributed by atoms with Crippen LogP contribution in [-0.4, -0.2) is 83.8 Å². The molecule has 2 N–H and O–H groups in total. The monoisotopic (exact) mass is 735 g/mol. The minimum Gasteiger partial charge on any atom is -0.497 e. The van der Waals surface area contributed by atoms with Crippen molar-refractivity contribution >= 4 is 29.4 Å². The fourth-order valence-corrected chi connectivity index (χ4v) is 8.47. The molecular formula is C43H49N3O8. The Morgan fingerprint density at radius 3 is 2.35 bits per heavy atom. The van der Waals surface area contributed by atoms with Crippen molar-refractivity contribution in [2.45, 2.75) is 75.0 Å². The summed E-state index contributed by atoms with van der Waals surface area (Å²) >= 11 is 0. The number of hydrogen-bond acceptors (Lipinski definition) is 8. The molecule has 3 aliphatic heterocycles. The zero-order chi connectivity index (χ0) is 38.4. The molecule has 3 aromatic carbocycles. The molecule has 0 radical (unpaired) electrons. The number of carbonyl (C=O) groups is 4. The highest BCUT2D eigenvalue weighted by atomic mass is 16.6. The number of likely N-dealkylation sites (tertiary alicyclic amines) is 1. The van der Waals surface area contributed by atoms with Gasteiger partial charge in [-0.2, -0.15) is 0 Å². The van der Waals surface area contributed by atoms with Crippen molar-refractivity contribution in [2.24, 2.45) is 11.8 Å². The second kappa shape index (κ2) is 16.8. The summed E-state index contributed by atoms with van der Waals surface area (Å²) in [6.45, 7) is 9.07. The molecule has 0 aliphatic carbocycles. The van der Waals surface area contributed by atoms with E-state index in [1.54, 1.807) is 55.4 Å². The van der Waals surface area contributed by atoms with Gasteiger partial charge in [0.2, 0.25) is 11.8 Å². The van der Waals surface area contributed by atoms with Gasteiger partial charge in [-0.15, -0.1) is 13.2 Å². The number of aliphatic hydroxyl groups is 1. The number of aliphatic hydroxyl groups excluding tert-OH is 1. The van der Waals surface area contributed by atoms with Crippen LogP contribution in [0.2, 0.25) is 0 Å². The maximum absolute atomic E-state index is 15.1. The van der Waals surface area contributed by atoms with Gasteiger partial charge in [-0.05, 0) is 68.0 Å². The van der Waals surface area contributed by atoms with Gasteiger partial charge in [0.25, 0.3) is 5.91 Å². The fourth-order valence-electron chi connectivity index (χ4n) is 8.47. The maximum atomic E-state index is 15.1. The van der Waals surface area contributed by atoms with E-state index in [9.17, 15) is 19.5 Å². The number of carbonyl (C=O) groups excluding carboxylic acids is 4. The minimum atomic E-state index is -1.36. The van der Waals surface area contributed by atoms with Crippen LogP contribution in [0.3, 0.4) is 0 Å². The Kier molecular flexibility index (Phi) is 12.0. The van der Waals surface area contributed by atoms with Gasteiger partial charge in [0, 0.05) is 18.7 Å². The average molecular weight is 736 g/mol. The van der Waals surface area contributed by atoms with E-state index in [0.717, 1.165) is 5.56 Å². The number of nitrogens with zero attached hydrogens (tertiary/aromatic N) is 2. The first kappa shape index (κ1) is 38.5. The normalized spacial score (nSPS) is 24.2. The van der Waals surface area contributed by atoms with Crippen LogP contribution >= 0.6 is 0 Å². The van der Waals surface area contributed by atoms with Gasteiger partial charge in [0.05, 0.1) is 43.7 Å². The number of nitrogens with one attached hydrogen (secondary N) is 1. The van der Waals surface area contributed by atoms with Gasteiger partial charge in [-0.25, -0.2) is 0 Å². The van der Waals surface area contributed by atoms with Crippen molar-refractivity contribution in [1.29, 1.82) is 0 Å². The molecule has 0 saturated carbocycles. The summed E-state index contributed by atoms with van der Waals surface area (Å²) in [7, 11) is 1.56. The van der Waals surface area contributed by atoms with Crippen LogP contribution in [0.25, 0.3) is 0 Å². The van der Waals surface area contributed by atoms with Crippen LogP contribution in [0.15, 0.2) is 110 Å². The smallest absolute Gasteiger partial charge is 0.313 e. The molecule has 11 nitrogen and oxygen atoms in total. The molecule has 0 aromatic heterocycles. The van der Waals surface area contributed by atoms with Gasteiger partial charge in [-0.1, -0.05) is 72.8 Å². The molecule has 3 aliphatic rings. The second-order valence-electron chi connectivity index (χ2n) is 14.2. The van der Waals surface area contributed by atoms with Crippen molar-refractivity contribution in [3.63, 3.8) is 0 Å². The molecule has 3 aromatic rings. The zero-order valence-corrected chi connectivity index (χ0v) is 30.8. The summed E-state index contributed by atoms with van der Waals surface area (Å²) in [6, 6.07) is 23.1. The van der Waals surface area contributed by atoms with Gasteiger partial charge in [0.15, 0.2) is 0 Å². The van der Waals surface area contributed by atoms with E-state index in [4.69, 9.17) is 14.2 Å². The summed E-state index contributed by atoms with van der Waals surface area (Å²) in [5.74, 6) is -3.15. The number of hydrogen-bond donors (Lipinski definition) is 2. The summed E-state index contributed by atoms with van der Waals surface area (Å²) in [6.07, 6.45) is 3.53. The molecule has 3 heterocycles. The molecule has 54 heavy (non-hydrogen) atoms. The molecule has 3 amide bonds. The van der Waals surface area contributed by atoms with Crippen molar-refractivity contribution in [2.75, 3.05) is 25.2 Å². The molecule has 11 heteroatoms. The van der Waals surface area contributed by atoms with E-state index in [2.05, 4.69) is 18.5 Å². The molecule has 8 atom stereocenters. The highest BCUT2D eigenvalue weighted by molar-refractivity contribution is 6.05. The molecule has 3 fully saturated rings. The quantitative estimate of drug-likeness (QED) is 0.147. The lowest BCUT2D eigenvalue weighted by molar-refractivity contribution is -0.162. The van der Waals surface area contributed by atoms with Crippen LogP contribution in [-0.2, 0) is 35.1 Å². The third kappa shape index (κ3) is 7.43. The Labute approximate surface area is 316 Å². The minimum absolute atomic E-state index is 0.136. The lowest BCUT2D eigenvalue weighted by Crippen LogP contribution is -2.59. The number of fused-ring (bicyclic) bond motifs is 1. The van der Waals surface area contributed by atoms with Crippen LogP contribution in [0.4, 0.5) is 5.69 Å². The highest BCUT2D eigenvalue weighted by Gasteiger charge is 2.75. The van der Waals surface area contributed by atoms with Crippen LogP contribution < -0.4 is 15.0 Å². The summed E-state index contributed by atoms with van der Waals surface area (Å²) in [5.41, 5.74) is 0.760. The number of amides is 3. The number of benzene rings is 3. The van der Waals surface area contributed by atoms with E-state index < -0.39 is 72.2 Å². The van der Waals surface area contributed by atoms with Gasteiger partial charge >= 0.3 is 5.97 Å². The van der Waals surface area contributed by atoms with Crippen LogP contribution in [0.1, 0.15) is 49.8 Å². The number of anilines is 1. The highest BCUT2D eigenvalue weighted by Crippen LogP contribution is 2.59. The number of methoxy groups -OCH3 is 1. The molecule has 2 bridgehead atoms. The molecule has 3 saturated heterocycles. The predicted molar refractivity (Wildman–Crippen MR) is 203 cm³/mol. The van der Waals surface area contributed by atoms with Crippen molar-refractivity contribution in [3.05, 3.63) is 121 Å². The standard InChI is InChI=1S/C43H49N3O8/c1-5-7-18-35(48)44-28(3)38(30-16-12-9-13-17-30)53-42(51)36-34-23-24-43(54-34)37(36)40(49)46(32(27-47)26-29-14-10-8-11-15-29)39(43)41(50)45(25-6-2)31-19-21-33(52-4)22-20-31/h5-6,8-17,19-22,28,32,34,36-39,47H,1-2,7,18,23-27H2,3-4H3,(H,44,48)/t28-,32-,34-,36+,37+,38-,39-,43+/m1/s1. The van der Waals surface area contributed by atoms with E-state index in [-0.39, 0.29) is 25.3 Å². The van der Waals surface area contributed by atoms with E-state index >= 15 is 4.79 Å². The number of ether oxygens (including phenoxy) is 3. The number of allylic oxidation sites excluding steroid dienone is 1. The zero-order valence-electron chi connectivity index (χ0n) is 30.8. The Hall–Kier alpha value is -5.26. The largest absolute Gasteiger partial charge is 0.497 e. The summed E-state index contributed by atoms with van der Waals surface area (Å²) in [5, 5.41) is 13.9. The Morgan fingerprint density at radius 2 is 1.72 bits per heavy atom. The fraction of sp³-hybridized carbons (Fsp3) is 0.395. The Balaban J connectivity index is 1.37.